The van der Waals surface area contributed by atoms with Gasteiger partial charge in [0.25, 0.3) is 10.0 Å². The lowest BCUT2D eigenvalue weighted by atomic mass is 10.2. The number of halogens is 1. The van der Waals surface area contributed by atoms with Gasteiger partial charge in [-0.25, -0.2) is 8.42 Å². The summed E-state index contributed by atoms with van der Waals surface area (Å²) in [7, 11) is -2.55. The molecule has 1 amide bonds. The molecule has 0 saturated carbocycles. The highest BCUT2D eigenvalue weighted by atomic mass is 79.9. The van der Waals surface area contributed by atoms with E-state index in [9.17, 15) is 13.2 Å². The van der Waals surface area contributed by atoms with E-state index in [1.807, 2.05) is 38.1 Å². The van der Waals surface area contributed by atoms with Crippen LogP contribution >= 0.6 is 15.9 Å². The number of nitrogens with one attached hydrogen (secondary N) is 1. The van der Waals surface area contributed by atoms with E-state index in [4.69, 9.17) is 9.47 Å². The van der Waals surface area contributed by atoms with Crippen LogP contribution in [0.1, 0.15) is 18.1 Å². The Bertz CT molecular complexity index is 1260. The molecule has 9 heteroatoms. The maximum Gasteiger partial charge on any atom is 0.264 e. The second-order valence-corrected chi connectivity index (χ2v) is 11.0. The van der Waals surface area contributed by atoms with Crippen molar-refractivity contribution in [2.24, 2.45) is 0 Å². The summed E-state index contributed by atoms with van der Waals surface area (Å²) in [4.78, 5) is 12.9. The first-order valence-electron chi connectivity index (χ1n) is 11.0. The third-order valence-electron chi connectivity index (χ3n) is 5.25. The van der Waals surface area contributed by atoms with Gasteiger partial charge in [-0.1, -0.05) is 35.4 Å². The number of anilines is 1. The third-order valence-corrected chi connectivity index (χ3v) is 7.64. The molecule has 0 aliphatic rings. The molecule has 0 aliphatic heterocycles. The number of carbonyl (C=O) groups is 1. The van der Waals surface area contributed by atoms with E-state index in [0.717, 1.165) is 15.4 Å². The van der Waals surface area contributed by atoms with Crippen LogP contribution in [0.5, 0.6) is 11.5 Å². The fraction of sp³-hybridized carbons (Fsp3) is 0.269. The van der Waals surface area contributed by atoms with Crippen LogP contribution < -0.4 is 19.1 Å². The number of ether oxygens (including phenoxy) is 2. The van der Waals surface area contributed by atoms with E-state index in [2.05, 4.69) is 21.2 Å². The Balaban J connectivity index is 1.78. The van der Waals surface area contributed by atoms with Gasteiger partial charge < -0.3 is 14.8 Å². The minimum Gasteiger partial charge on any atom is -0.496 e. The van der Waals surface area contributed by atoms with Crippen LogP contribution in [-0.4, -0.2) is 40.6 Å². The summed E-state index contributed by atoms with van der Waals surface area (Å²) in [5, 5.41) is 2.83. The minimum atomic E-state index is -4.05. The van der Waals surface area contributed by atoms with E-state index in [1.54, 1.807) is 37.3 Å². The minimum absolute atomic E-state index is 0.0364. The molecule has 0 heterocycles. The Labute approximate surface area is 215 Å². The summed E-state index contributed by atoms with van der Waals surface area (Å²) in [6, 6.07) is 18.7. The smallest absolute Gasteiger partial charge is 0.264 e. The van der Waals surface area contributed by atoms with Crippen LogP contribution in [0, 0.1) is 13.8 Å². The fourth-order valence-electron chi connectivity index (χ4n) is 3.31. The number of hydrogen-bond donors (Lipinski definition) is 1. The molecule has 1 N–H and O–H groups in total. The van der Waals surface area contributed by atoms with Crippen molar-refractivity contribution in [3.05, 3.63) is 82.3 Å². The molecule has 1 unspecified atom stereocenters. The van der Waals surface area contributed by atoms with Crippen molar-refractivity contribution >= 4 is 37.5 Å². The van der Waals surface area contributed by atoms with Crippen molar-refractivity contribution in [1.29, 1.82) is 0 Å². The van der Waals surface area contributed by atoms with E-state index < -0.39 is 15.9 Å². The van der Waals surface area contributed by atoms with Gasteiger partial charge in [0.15, 0.2) is 0 Å². The van der Waals surface area contributed by atoms with Crippen molar-refractivity contribution in [3.8, 4) is 11.5 Å². The molecule has 0 aliphatic carbocycles. The molecular formula is C26H29BrN2O5S. The molecule has 0 aromatic heterocycles. The number of carbonyl (C=O) groups excluding carboxylic acids is 1. The number of hydrogen-bond acceptors (Lipinski definition) is 5. The summed E-state index contributed by atoms with van der Waals surface area (Å²) >= 11 is 3.34. The van der Waals surface area contributed by atoms with Gasteiger partial charge in [0.2, 0.25) is 5.91 Å². The normalized spacial score (nSPS) is 12.0. The molecule has 1 atom stereocenters. The second kappa shape index (κ2) is 11.6. The molecule has 3 aromatic carbocycles. The number of nitrogens with zero attached hydrogens (tertiary/aromatic N) is 1. The average Bonchev–Trinajstić information content (AvgIpc) is 2.82. The first kappa shape index (κ1) is 26.6. The second-order valence-electron chi connectivity index (χ2n) is 8.24. The molecule has 0 radical (unpaired) electrons. The third kappa shape index (κ3) is 6.99. The van der Waals surface area contributed by atoms with Crippen molar-refractivity contribution in [1.82, 2.24) is 5.32 Å². The molecule has 0 bridgehead atoms. The van der Waals surface area contributed by atoms with Gasteiger partial charge in [0.05, 0.1) is 28.2 Å². The molecule has 3 rings (SSSR count). The van der Waals surface area contributed by atoms with Crippen LogP contribution in [0.2, 0.25) is 0 Å². The number of aryl methyl sites for hydroxylation is 2. The number of methoxy groups -OCH3 is 1. The molecule has 186 valence electrons. The summed E-state index contributed by atoms with van der Waals surface area (Å²) in [5.74, 6) is 0.762. The number of sulfonamides is 1. The average molecular weight is 561 g/mol. The Morgan fingerprint density at radius 3 is 2.17 bits per heavy atom. The summed E-state index contributed by atoms with van der Waals surface area (Å²) in [6.45, 7) is 5.57. The van der Waals surface area contributed by atoms with Crippen LogP contribution in [0.3, 0.4) is 0 Å². The fourth-order valence-corrected chi connectivity index (χ4v) is 5.45. The molecule has 3 aromatic rings. The van der Waals surface area contributed by atoms with Crippen molar-refractivity contribution in [2.45, 2.75) is 31.7 Å². The molecule has 7 nitrogen and oxygen atoms in total. The Kier molecular flexibility index (Phi) is 8.80. The van der Waals surface area contributed by atoms with Crippen LogP contribution in [0.15, 0.2) is 76.1 Å². The standard InChI is InChI=1S/C26H29BrN2O5S/c1-18-5-9-21(10-6-18)29(35(31,32)23-13-14-25(33-4)24(27)15-23)16-26(30)28-20(3)17-34-22-11-7-19(2)8-12-22/h5-15,20H,16-17H2,1-4H3,(H,28,30). The zero-order chi connectivity index (χ0) is 25.6. The van der Waals surface area contributed by atoms with E-state index >= 15 is 0 Å². The quantitative estimate of drug-likeness (QED) is 0.383. The van der Waals surface area contributed by atoms with E-state index in [1.165, 1.54) is 19.2 Å². The monoisotopic (exact) mass is 560 g/mol. The summed E-state index contributed by atoms with van der Waals surface area (Å²) in [6.07, 6.45) is 0. The predicted molar refractivity (Wildman–Crippen MR) is 141 cm³/mol. The first-order chi connectivity index (χ1) is 16.6. The number of rotatable bonds is 10. The number of benzene rings is 3. The lowest BCUT2D eigenvalue weighted by Crippen LogP contribution is -2.45. The van der Waals surface area contributed by atoms with Crippen molar-refractivity contribution < 1.29 is 22.7 Å². The van der Waals surface area contributed by atoms with Gasteiger partial charge in [-0.05, 0) is 79.2 Å². The van der Waals surface area contributed by atoms with Gasteiger partial charge in [-0.15, -0.1) is 0 Å². The van der Waals surface area contributed by atoms with Gasteiger partial charge in [-0.2, -0.15) is 0 Å². The summed E-state index contributed by atoms with van der Waals surface area (Å²) < 4.78 is 39.7. The summed E-state index contributed by atoms with van der Waals surface area (Å²) in [5.41, 5.74) is 2.49. The lowest BCUT2D eigenvalue weighted by molar-refractivity contribution is -0.120. The lowest BCUT2D eigenvalue weighted by Gasteiger charge is -2.25. The largest absolute Gasteiger partial charge is 0.496 e. The van der Waals surface area contributed by atoms with Gasteiger partial charge in [0.1, 0.15) is 24.7 Å². The van der Waals surface area contributed by atoms with Gasteiger partial charge >= 0.3 is 0 Å². The Morgan fingerprint density at radius 2 is 1.60 bits per heavy atom. The zero-order valence-electron chi connectivity index (χ0n) is 20.1. The Morgan fingerprint density at radius 1 is 1.00 bits per heavy atom. The van der Waals surface area contributed by atoms with Crippen molar-refractivity contribution in [2.75, 3.05) is 24.6 Å². The van der Waals surface area contributed by atoms with Crippen LogP contribution in [0.4, 0.5) is 5.69 Å². The molecule has 0 saturated heterocycles. The van der Waals surface area contributed by atoms with E-state index in [0.29, 0.717) is 21.7 Å². The van der Waals surface area contributed by atoms with Gasteiger partial charge in [0, 0.05) is 0 Å². The predicted octanol–water partition coefficient (Wildman–Crippen LogP) is 4.85. The van der Waals surface area contributed by atoms with Crippen LogP contribution in [0.25, 0.3) is 0 Å². The highest BCUT2D eigenvalue weighted by Crippen LogP contribution is 2.30. The maximum atomic E-state index is 13.6. The SMILES string of the molecule is COc1ccc(S(=O)(=O)N(CC(=O)NC(C)COc2ccc(C)cc2)c2ccc(C)cc2)cc1Br. The van der Waals surface area contributed by atoms with Gasteiger partial charge in [-0.3, -0.25) is 9.10 Å². The highest BCUT2D eigenvalue weighted by molar-refractivity contribution is 9.10. The highest BCUT2D eigenvalue weighted by Gasteiger charge is 2.28. The topological polar surface area (TPSA) is 84.9 Å². The first-order valence-corrected chi connectivity index (χ1v) is 13.2. The molecule has 35 heavy (non-hydrogen) atoms. The van der Waals surface area contributed by atoms with E-state index in [-0.39, 0.29) is 24.1 Å². The Hall–Kier alpha value is -3.04. The molecule has 0 fully saturated rings. The number of amides is 1. The van der Waals surface area contributed by atoms with Crippen molar-refractivity contribution in [3.63, 3.8) is 0 Å². The molecule has 0 spiro atoms. The maximum absolute atomic E-state index is 13.6. The molecular weight excluding hydrogens is 532 g/mol. The zero-order valence-corrected chi connectivity index (χ0v) is 22.5. The van der Waals surface area contributed by atoms with Crippen LogP contribution in [-0.2, 0) is 14.8 Å².